The van der Waals surface area contributed by atoms with Crippen LogP contribution < -0.4 is 15.0 Å². The van der Waals surface area contributed by atoms with E-state index in [1.165, 1.54) is 12.1 Å². The van der Waals surface area contributed by atoms with Crippen LogP contribution in [-0.2, 0) is 9.59 Å². The van der Waals surface area contributed by atoms with E-state index in [-0.39, 0.29) is 23.4 Å². The minimum Gasteiger partial charge on any atom is -0.497 e. The number of hydrogen-bond donors (Lipinski definition) is 1. The van der Waals surface area contributed by atoms with Crippen LogP contribution in [-0.4, -0.2) is 18.8 Å². The highest BCUT2D eigenvalue weighted by atomic mass is 19.1. The highest BCUT2D eigenvalue weighted by Crippen LogP contribution is 2.48. The molecule has 0 spiro atoms. The molecule has 1 amide bonds. The van der Waals surface area contributed by atoms with Crippen LogP contribution in [0.4, 0.5) is 15.8 Å². The fourth-order valence-corrected chi connectivity index (χ4v) is 5.61. The third kappa shape index (κ3) is 5.08. The smallest absolute Gasteiger partial charge is 0.227 e. The molecule has 0 aromatic heterocycles. The Morgan fingerprint density at radius 2 is 1.79 bits per heavy atom. The maximum absolute atomic E-state index is 14.0. The number of unbranched alkanes of at least 4 members (excludes halogenated alkanes) is 2. The quantitative estimate of drug-likeness (QED) is 0.337. The number of nitrogens with zero attached hydrogens (tertiary/aromatic N) is 1. The van der Waals surface area contributed by atoms with Gasteiger partial charge in [0.05, 0.1) is 24.5 Å². The van der Waals surface area contributed by atoms with E-state index in [0.29, 0.717) is 30.6 Å². The number of fused-ring (bicyclic) bond motifs is 1. The fourth-order valence-electron chi connectivity index (χ4n) is 5.61. The van der Waals surface area contributed by atoms with Crippen molar-refractivity contribution in [3.05, 3.63) is 101 Å². The number of allylic oxidation sites excluding steroid dienone is 1. The average molecular weight is 513 g/mol. The number of para-hydroxylation sites is 2. The first-order chi connectivity index (χ1) is 18.5. The van der Waals surface area contributed by atoms with Gasteiger partial charge in [-0.3, -0.25) is 14.5 Å². The number of halogens is 1. The molecule has 1 aliphatic heterocycles. The Labute approximate surface area is 223 Å². The molecule has 0 unspecified atom stereocenters. The molecule has 1 aliphatic carbocycles. The zero-order valence-corrected chi connectivity index (χ0v) is 21.9. The number of carbonyl (C=O) groups is 2. The molecule has 1 heterocycles. The molecule has 2 atom stereocenters. The highest BCUT2D eigenvalue weighted by Gasteiger charge is 2.41. The van der Waals surface area contributed by atoms with Crippen LogP contribution in [0.5, 0.6) is 5.75 Å². The summed E-state index contributed by atoms with van der Waals surface area (Å²) in [6, 6.07) is 21.2. The first-order valence-electron chi connectivity index (χ1n) is 13.3. The first kappa shape index (κ1) is 25.7. The van der Waals surface area contributed by atoms with Crippen LogP contribution in [0, 0.1) is 5.82 Å². The molecule has 0 radical (unpaired) electrons. The first-order valence-corrected chi connectivity index (χ1v) is 13.3. The number of ether oxygens (including phenoxy) is 1. The number of ketones is 1. The minimum absolute atomic E-state index is 0.0114. The second-order valence-electron chi connectivity index (χ2n) is 10.0. The number of nitrogens with one attached hydrogen (secondary N) is 1. The van der Waals surface area contributed by atoms with E-state index in [9.17, 15) is 14.0 Å². The Hall–Kier alpha value is -3.93. The van der Waals surface area contributed by atoms with Crippen molar-refractivity contribution >= 4 is 23.1 Å². The van der Waals surface area contributed by atoms with Crippen molar-refractivity contribution in [2.45, 2.75) is 57.4 Å². The third-order valence-electron chi connectivity index (χ3n) is 7.50. The largest absolute Gasteiger partial charge is 0.497 e. The number of rotatable bonds is 7. The molecule has 38 heavy (non-hydrogen) atoms. The van der Waals surface area contributed by atoms with Gasteiger partial charge in [0.1, 0.15) is 11.6 Å². The molecule has 196 valence electrons. The molecule has 3 aromatic rings. The maximum atomic E-state index is 14.0. The third-order valence-corrected chi connectivity index (χ3v) is 7.50. The van der Waals surface area contributed by atoms with Gasteiger partial charge in [0.25, 0.3) is 0 Å². The Morgan fingerprint density at radius 3 is 2.55 bits per heavy atom. The standard InChI is InChI=1S/C32H33FN2O3/c1-3-4-5-13-30(37)35-28-12-7-6-11-26(28)34-27-19-23(21-14-16-24(33)17-15-21)20-29(36)31(27)32(35)22-9-8-10-25(18-22)38-2/h6-12,14-18,23,32,34H,3-5,13,19-20H2,1-2H3/t23-,32-/m0/s1. The van der Waals surface area contributed by atoms with Gasteiger partial charge in [-0.05, 0) is 66.3 Å². The molecule has 5 rings (SSSR count). The van der Waals surface area contributed by atoms with Crippen LogP contribution in [0.2, 0.25) is 0 Å². The van der Waals surface area contributed by atoms with Crippen LogP contribution in [0.3, 0.4) is 0 Å². The Kier molecular flexibility index (Phi) is 7.59. The molecular formula is C32H33FN2O3. The van der Waals surface area contributed by atoms with Gasteiger partial charge in [-0.2, -0.15) is 0 Å². The molecule has 3 aromatic carbocycles. The van der Waals surface area contributed by atoms with Gasteiger partial charge in [0.2, 0.25) is 5.91 Å². The fraction of sp³-hybridized carbons (Fsp3) is 0.312. The van der Waals surface area contributed by atoms with Crippen molar-refractivity contribution in [1.29, 1.82) is 0 Å². The lowest BCUT2D eigenvalue weighted by molar-refractivity contribution is -0.119. The Morgan fingerprint density at radius 1 is 1.00 bits per heavy atom. The summed E-state index contributed by atoms with van der Waals surface area (Å²) in [4.78, 5) is 29.7. The van der Waals surface area contributed by atoms with E-state index in [4.69, 9.17) is 4.74 Å². The zero-order chi connectivity index (χ0) is 26.6. The average Bonchev–Trinajstić information content (AvgIpc) is 3.08. The summed E-state index contributed by atoms with van der Waals surface area (Å²) in [5.74, 6) is 0.260. The number of Topliss-reactive ketones (excluding diaryl/α,β-unsaturated/α-hetero) is 1. The summed E-state index contributed by atoms with van der Waals surface area (Å²) in [6.07, 6.45) is 4.05. The zero-order valence-electron chi connectivity index (χ0n) is 21.9. The normalized spacial score (nSPS) is 18.8. The summed E-state index contributed by atoms with van der Waals surface area (Å²) < 4.78 is 19.1. The topological polar surface area (TPSA) is 58.6 Å². The maximum Gasteiger partial charge on any atom is 0.227 e. The van der Waals surface area contributed by atoms with E-state index in [1.54, 1.807) is 19.2 Å². The van der Waals surface area contributed by atoms with Crippen molar-refractivity contribution in [2.75, 3.05) is 17.3 Å². The molecule has 5 nitrogen and oxygen atoms in total. The molecule has 0 bridgehead atoms. The van der Waals surface area contributed by atoms with E-state index < -0.39 is 6.04 Å². The van der Waals surface area contributed by atoms with Gasteiger partial charge in [0, 0.05) is 24.1 Å². The Bertz CT molecular complexity index is 1370. The van der Waals surface area contributed by atoms with Crippen molar-refractivity contribution in [2.24, 2.45) is 0 Å². The molecular weight excluding hydrogens is 479 g/mol. The number of amides is 1. The van der Waals surface area contributed by atoms with Gasteiger partial charge < -0.3 is 10.1 Å². The Balaban J connectivity index is 1.67. The van der Waals surface area contributed by atoms with E-state index >= 15 is 0 Å². The monoisotopic (exact) mass is 512 g/mol. The lowest BCUT2D eigenvalue weighted by atomic mass is 9.78. The predicted molar refractivity (Wildman–Crippen MR) is 148 cm³/mol. The van der Waals surface area contributed by atoms with Crippen LogP contribution >= 0.6 is 0 Å². The van der Waals surface area contributed by atoms with Crippen molar-refractivity contribution in [3.63, 3.8) is 0 Å². The summed E-state index contributed by atoms with van der Waals surface area (Å²) in [5.41, 5.74) is 4.71. The number of hydrogen-bond acceptors (Lipinski definition) is 4. The van der Waals surface area contributed by atoms with Gasteiger partial charge in [-0.15, -0.1) is 0 Å². The van der Waals surface area contributed by atoms with Gasteiger partial charge in [0.15, 0.2) is 5.78 Å². The number of methoxy groups -OCH3 is 1. The SMILES string of the molecule is CCCCCC(=O)N1c2ccccc2NC2=C(C(=O)C[C@@H](c3ccc(F)cc3)C2)[C@@H]1c1cccc(OC)c1. The second kappa shape index (κ2) is 11.2. The van der Waals surface area contributed by atoms with Crippen molar-refractivity contribution in [1.82, 2.24) is 0 Å². The number of carbonyl (C=O) groups excluding carboxylic acids is 2. The van der Waals surface area contributed by atoms with E-state index in [2.05, 4.69) is 12.2 Å². The molecule has 0 fully saturated rings. The van der Waals surface area contributed by atoms with Gasteiger partial charge >= 0.3 is 0 Å². The predicted octanol–water partition coefficient (Wildman–Crippen LogP) is 7.32. The van der Waals surface area contributed by atoms with E-state index in [0.717, 1.165) is 47.5 Å². The van der Waals surface area contributed by atoms with Gasteiger partial charge in [-0.1, -0.05) is 56.2 Å². The molecule has 2 aliphatic rings. The molecule has 0 saturated heterocycles. The number of anilines is 2. The van der Waals surface area contributed by atoms with Crippen LogP contribution in [0.1, 0.15) is 68.5 Å². The summed E-state index contributed by atoms with van der Waals surface area (Å²) in [7, 11) is 1.61. The summed E-state index contributed by atoms with van der Waals surface area (Å²) >= 11 is 0. The van der Waals surface area contributed by atoms with Crippen LogP contribution in [0.25, 0.3) is 0 Å². The highest BCUT2D eigenvalue weighted by molar-refractivity contribution is 6.06. The summed E-state index contributed by atoms with van der Waals surface area (Å²) in [5, 5.41) is 3.54. The number of benzene rings is 3. The van der Waals surface area contributed by atoms with E-state index in [1.807, 2.05) is 53.4 Å². The summed E-state index contributed by atoms with van der Waals surface area (Å²) in [6.45, 7) is 2.12. The molecule has 0 saturated carbocycles. The second-order valence-corrected chi connectivity index (χ2v) is 10.0. The molecule has 1 N–H and O–H groups in total. The van der Waals surface area contributed by atoms with Crippen molar-refractivity contribution in [3.8, 4) is 5.75 Å². The van der Waals surface area contributed by atoms with Gasteiger partial charge in [-0.25, -0.2) is 4.39 Å². The lowest BCUT2D eigenvalue weighted by Crippen LogP contribution is -2.38. The minimum atomic E-state index is -0.591. The lowest BCUT2D eigenvalue weighted by Gasteiger charge is -2.35. The molecule has 6 heteroatoms. The van der Waals surface area contributed by atoms with Crippen molar-refractivity contribution < 1.29 is 18.7 Å². The van der Waals surface area contributed by atoms with Crippen LogP contribution in [0.15, 0.2) is 84.1 Å².